The third kappa shape index (κ3) is 4.40. The van der Waals surface area contributed by atoms with E-state index in [4.69, 9.17) is 11.6 Å². The number of nitrogens with one attached hydrogen (secondary N) is 2. The molecule has 2 aromatic carbocycles. The van der Waals surface area contributed by atoms with E-state index >= 15 is 0 Å². The van der Waals surface area contributed by atoms with Gasteiger partial charge in [0.25, 0.3) is 5.91 Å². The first kappa shape index (κ1) is 17.9. The lowest BCUT2D eigenvalue weighted by Crippen LogP contribution is -2.19. The van der Waals surface area contributed by atoms with Crippen LogP contribution in [-0.4, -0.2) is 22.6 Å². The van der Waals surface area contributed by atoms with E-state index in [1.54, 1.807) is 19.1 Å². The lowest BCUT2D eigenvalue weighted by Gasteiger charge is -2.07. The molecule has 26 heavy (non-hydrogen) atoms. The van der Waals surface area contributed by atoms with Crippen LogP contribution >= 0.6 is 11.6 Å². The maximum Gasteiger partial charge on any atom is 0.275 e. The van der Waals surface area contributed by atoms with Crippen molar-refractivity contribution >= 4 is 34.8 Å². The molecule has 0 atom stereocenters. The summed E-state index contributed by atoms with van der Waals surface area (Å²) >= 11 is 5.84. The summed E-state index contributed by atoms with van der Waals surface area (Å²) in [5, 5.41) is 17.0. The summed E-state index contributed by atoms with van der Waals surface area (Å²) in [5.41, 5.74) is 4.55. The van der Waals surface area contributed by atoms with Crippen LogP contribution in [0.15, 0.2) is 47.6 Å². The van der Waals surface area contributed by atoms with Crippen LogP contribution in [0.4, 0.5) is 5.69 Å². The Morgan fingerprint density at radius 2 is 1.85 bits per heavy atom. The van der Waals surface area contributed by atoms with Gasteiger partial charge in [-0.1, -0.05) is 23.7 Å². The van der Waals surface area contributed by atoms with Crippen molar-refractivity contribution in [3.63, 3.8) is 0 Å². The number of halogens is 1. The van der Waals surface area contributed by atoms with Gasteiger partial charge in [-0.25, -0.2) is 5.43 Å². The number of amides is 2. The van der Waals surface area contributed by atoms with Crippen LogP contribution in [0.25, 0.3) is 0 Å². The summed E-state index contributed by atoms with van der Waals surface area (Å²) < 4.78 is 0. The Morgan fingerprint density at radius 3 is 2.50 bits per heavy atom. The maximum atomic E-state index is 12.1. The molecule has 1 saturated carbocycles. The summed E-state index contributed by atoms with van der Waals surface area (Å²) in [5.74, 6) is -0.527. The molecule has 7 heteroatoms. The first-order valence-corrected chi connectivity index (χ1v) is 8.56. The van der Waals surface area contributed by atoms with E-state index in [2.05, 4.69) is 15.8 Å². The van der Waals surface area contributed by atoms with Crippen molar-refractivity contribution in [1.29, 1.82) is 0 Å². The summed E-state index contributed by atoms with van der Waals surface area (Å²) in [4.78, 5) is 23.9. The van der Waals surface area contributed by atoms with Crippen molar-refractivity contribution in [3.8, 4) is 5.75 Å². The number of carbonyl (C=O) groups excluding carboxylic acids is 2. The van der Waals surface area contributed by atoms with E-state index in [-0.39, 0.29) is 23.1 Å². The molecule has 0 radical (unpaired) electrons. The average molecular weight is 372 g/mol. The molecule has 1 aliphatic rings. The molecule has 0 heterocycles. The van der Waals surface area contributed by atoms with Gasteiger partial charge in [0, 0.05) is 16.6 Å². The molecule has 3 rings (SSSR count). The van der Waals surface area contributed by atoms with Gasteiger partial charge in [-0.2, -0.15) is 5.10 Å². The Bertz CT molecular complexity index is 874. The van der Waals surface area contributed by atoms with Crippen molar-refractivity contribution in [2.24, 2.45) is 11.0 Å². The number of carbonyl (C=O) groups is 2. The number of hydrogen-bond donors (Lipinski definition) is 3. The van der Waals surface area contributed by atoms with E-state index in [9.17, 15) is 14.7 Å². The Kier molecular flexibility index (Phi) is 5.23. The molecule has 2 aromatic rings. The van der Waals surface area contributed by atoms with Gasteiger partial charge >= 0.3 is 0 Å². The van der Waals surface area contributed by atoms with Gasteiger partial charge < -0.3 is 10.4 Å². The van der Waals surface area contributed by atoms with Crippen molar-refractivity contribution in [1.82, 2.24) is 5.43 Å². The largest absolute Gasteiger partial charge is 0.507 e. The van der Waals surface area contributed by atoms with Crippen molar-refractivity contribution in [2.45, 2.75) is 19.8 Å². The van der Waals surface area contributed by atoms with E-state index in [1.807, 2.05) is 12.1 Å². The third-order valence-corrected chi connectivity index (χ3v) is 4.28. The number of phenolic OH excluding ortho intramolecular Hbond substituents is 1. The molecule has 0 bridgehead atoms. The molecule has 0 unspecified atom stereocenters. The minimum absolute atomic E-state index is 0.0483. The van der Waals surface area contributed by atoms with Crippen LogP contribution in [0.3, 0.4) is 0 Å². The van der Waals surface area contributed by atoms with E-state index in [1.165, 1.54) is 18.2 Å². The van der Waals surface area contributed by atoms with Crippen LogP contribution in [0.5, 0.6) is 5.75 Å². The Labute approximate surface area is 155 Å². The van der Waals surface area contributed by atoms with Crippen molar-refractivity contribution in [3.05, 3.63) is 58.6 Å². The summed E-state index contributed by atoms with van der Waals surface area (Å²) in [6, 6.07) is 11.4. The molecule has 0 aromatic heterocycles. The lowest BCUT2D eigenvalue weighted by atomic mass is 10.1. The van der Waals surface area contributed by atoms with Gasteiger partial charge in [0.15, 0.2) is 0 Å². The predicted octanol–water partition coefficient (Wildman–Crippen LogP) is 3.55. The molecule has 2 amide bonds. The van der Waals surface area contributed by atoms with E-state index < -0.39 is 5.91 Å². The van der Waals surface area contributed by atoms with Gasteiger partial charge in [-0.15, -0.1) is 0 Å². The summed E-state index contributed by atoms with van der Waals surface area (Å²) in [7, 11) is 0. The van der Waals surface area contributed by atoms with Crippen LogP contribution in [0, 0.1) is 5.92 Å². The van der Waals surface area contributed by atoms with Crippen molar-refractivity contribution < 1.29 is 14.7 Å². The topological polar surface area (TPSA) is 90.8 Å². The van der Waals surface area contributed by atoms with Gasteiger partial charge in [-0.3, -0.25) is 9.59 Å². The fourth-order valence-electron chi connectivity index (χ4n) is 2.33. The minimum Gasteiger partial charge on any atom is -0.507 e. The number of nitrogens with zero attached hydrogens (tertiary/aromatic N) is 1. The minimum atomic E-state index is -0.558. The Morgan fingerprint density at radius 1 is 1.15 bits per heavy atom. The molecule has 1 aliphatic carbocycles. The second kappa shape index (κ2) is 7.58. The fourth-order valence-corrected chi connectivity index (χ4v) is 2.51. The predicted molar refractivity (Wildman–Crippen MR) is 101 cm³/mol. The molecule has 0 saturated heterocycles. The molecular formula is C19H18ClN3O3. The fraction of sp³-hybridized carbons (Fsp3) is 0.211. The standard InChI is InChI=1S/C19H18ClN3O3/c1-11(22-23-19(26)16-10-14(20)6-9-17(16)24)12-4-7-15(8-5-12)21-18(25)13-2-3-13/h4-10,13,24H,2-3H2,1H3,(H,21,25)(H,23,26). The van der Waals surface area contributed by atoms with Gasteiger partial charge in [0.2, 0.25) is 5.91 Å². The molecular weight excluding hydrogens is 354 g/mol. The Balaban J connectivity index is 1.64. The smallest absolute Gasteiger partial charge is 0.275 e. The van der Waals surface area contributed by atoms with Gasteiger partial charge in [0.05, 0.1) is 11.3 Å². The van der Waals surface area contributed by atoms with Crippen LogP contribution in [-0.2, 0) is 4.79 Å². The molecule has 0 spiro atoms. The molecule has 6 nitrogen and oxygen atoms in total. The number of phenols is 1. The van der Waals surface area contributed by atoms with E-state index in [0.717, 1.165) is 24.1 Å². The van der Waals surface area contributed by atoms with Crippen LogP contribution in [0.2, 0.25) is 5.02 Å². The molecule has 134 valence electrons. The summed E-state index contributed by atoms with van der Waals surface area (Å²) in [6.07, 6.45) is 1.91. The number of anilines is 1. The summed E-state index contributed by atoms with van der Waals surface area (Å²) in [6.45, 7) is 1.75. The number of aromatic hydroxyl groups is 1. The average Bonchev–Trinajstić information content (AvgIpc) is 3.47. The number of hydrazone groups is 1. The quantitative estimate of drug-likeness (QED) is 0.554. The highest BCUT2D eigenvalue weighted by atomic mass is 35.5. The molecule has 0 aliphatic heterocycles. The molecule has 1 fully saturated rings. The van der Waals surface area contributed by atoms with Crippen LogP contribution in [0.1, 0.15) is 35.7 Å². The first-order valence-electron chi connectivity index (χ1n) is 8.18. The van der Waals surface area contributed by atoms with Gasteiger partial charge in [0.1, 0.15) is 5.75 Å². The highest BCUT2D eigenvalue weighted by molar-refractivity contribution is 6.31. The normalized spacial score (nSPS) is 14.0. The zero-order valence-corrected chi connectivity index (χ0v) is 14.9. The monoisotopic (exact) mass is 371 g/mol. The maximum absolute atomic E-state index is 12.1. The zero-order chi connectivity index (χ0) is 18.7. The highest BCUT2D eigenvalue weighted by Gasteiger charge is 2.29. The second-order valence-electron chi connectivity index (χ2n) is 6.14. The van der Waals surface area contributed by atoms with Gasteiger partial charge in [-0.05, 0) is 55.7 Å². The number of benzene rings is 2. The first-order chi connectivity index (χ1) is 12.4. The highest BCUT2D eigenvalue weighted by Crippen LogP contribution is 2.30. The van der Waals surface area contributed by atoms with E-state index in [0.29, 0.717) is 10.7 Å². The number of hydrogen-bond acceptors (Lipinski definition) is 4. The third-order valence-electron chi connectivity index (χ3n) is 4.05. The lowest BCUT2D eigenvalue weighted by molar-refractivity contribution is -0.117. The number of rotatable bonds is 5. The zero-order valence-electron chi connectivity index (χ0n) is 14.1. The van der Waals surface area contributed by atoms with Crippen LogP contribution < -0.4 is 10.7 Å². The second-order valence-corrected chi connectivity index (χ2v) is 6.58. The Hall–Kier alpha value is -2.86. The molecule has 3 N–H and O–H groups in total. The SMILES string of the molecule is CC(=NNC(=O)c1cc(Cl)ccc1O)c1ccc(NC(=O)C2CC2)cc1. The van der Waals surface area contributed by atoms with Crippen molar-refractivity contribution in [2.75, 3.05) is 5.32 Å².